The van der Waals surface area contributed by atoms with E-state index in [2.05, 4.69) is 0 Å². The highest BCUT2D eigenvalue weighted by Gasteiger charge is 2.46. The Kier molecular flexibility index (Phi) is 8.13. The van der Waals surface area contributed by atoms with Crippen molar-refractivity contribution in [2.75, 3.05) is 13.9 Å². The molecule has 2 heterocycles. The number of esters is 1. The van der Waals surface area contributed by atoms with Gasteiger partial charge in [-0.15, -0.1) is 0 Å². The molecule has 0 spiro atoms. The topological polar surface area (TPSA) is 63.2 Å². The second-order valence-electron chi connectivity index (χ2n) is 7.55. The number of cyclic esters (lactones) is 1. The highest BCUT2D eigenvalue weighted by atomic mass is 16.8. The van der Waals surface area contributed by atoms with Crippen molar-refractivity contribution in [1.29, 1.82) is 0 Å². The van der Waals surface area contributed by atoms with E-state index in [0.717, 1.165) is 32.1 Å². The van der Waals surface area contributed by atoms with Gasteiger partial charge in [0.2, 0.25) is 0 Å². The van der Waals surface area contributed by atoms with Crippen molar-refractivity contribution in [2.24, 2.45) is 0 Å². The molecule has 2 saturated heterocycles. The van der Waals surface area contributed by atoms with Gasteiger partial charge in [-0.2, -0.15) is 0 Å². The van der Waals surface area contributed by atoms with Crippen molar-refractivity contribution in [3.63, 3.8) is 0 Å². The van der Waals surface area contributed by atoms with E-state index in [1.165, 1.54) is 19.3 Å². The predicted molar refractivity (Wildman–Crippen MR) is 93.1 cm³/mol. The van der Waals surface area contributed by atoms with Crippen molar-refractivity contribution in [1.82, 2.24) is 0 Å². The van der Waals surface area contributed by atoms with Crippen LogP contribution >= 0.6 is 0 Å². The van der Waals surface area contributed by atoms with Gasteiger partial charge in [-0.3, -0.25) is 0 Å². The first kappa shape index (κ1) is 20.6. The van der Waals surface area contributed by atoms with Gasteiger partial charge in [0.05, 0.1) is 12.2 Å². The van der Waals surface area contributed by atoms with E-state index in [1.54, 1.807) is 7.11 Å². The van der Waals surface area contributed by atoms with E-state index in [9.17, 15) is 4.79 Å². The lowest BCUT2D eigenvalue weighted by molar-refractivity contribution is -0.183. The number of ether oxygens (including phenoxy) is 5. The van der Waals surface area contributed by atoms with Gasteiger partial charge in [0.15, 0.2) is 11.9 Å². The third-order valence-electron chi connectivity index (χ3n) is 4.87. The summed E-state index contributed by atoms with van der Waals surface area (Å²) in [6, 6.07) is 0. The van der Waals surface area contributed by atoms with Crippen LogP contribution in [0, 0.1) is 0 Å². The molecule has 4 atom stereocenters. The van der Waals surface area contributed by atoms with Crippen LogP contribution in [-0.4, -0.2) is 50.1 Å². The van der Waals surface area contributed by atoms with Crippen molar-refractivity contribution in [3.05, 3.63) is 0 Å². The largest absolute Gasteiger partial charge is 0.458 e. The summed E-state index contributed by atoms with van der Waals surface area (Å²) < 4.78 is 28.2. The minimum Gasteiger partial charge on any atom is -0.458 e. The van der Waals surface area contributed by atoms with Crippen molar-refractivity contribution in [3.8, 4) is 0 Å². The van der Waals surface area contributed by atoms with Crippen LogP contribution in [0.1, 0.15) is 72.1 Å². The molecule has 0 aromatic rings. The van der Waals surface area contributed by atoms with Crippen LogP contribution in [0.2, 0.25) is 0 Å². The maximum absolute atomic E-state index is 12.7. The average molecular weight is 358 g/mol. The minimum absolute atomic E-state index is 0.166. The Hall–Kier alpha value is -0.690. The number of carbonyl (C=O) groups excluding carboxylic acids is 1. The molecule has 2 aliphatic rings. The Morgan fingerprint density at radius 3 is 2.36 bits per heavy atom. The fourth-order valence-electron chi connectivity index (χ4n) is 3.58. The lowest BCUT2D eigenvalue weighted by atomic mass is 10.0. The highest BCUT2D eigenvalue weighted by Crippen LogP contribution is 2.32. The molecule has 146 valence electrons. The fraction of sp³-hybridized carbons (Fsp3) is 0.947. The number of fused-ring (bicyclic) bond motifs is 1. The molecule has 6 heteroatoms. The van der Waals surface area contributed by atoms with Gasteiger partial charge >= 0.3 is 5.97 Å². The molecule has 0 radical (unpaired) electrons. The molecule has 2 aliphatic heterocycles. The number of methoxy groups -OCH3 is 1. The zero-order valence-electron chi connectivity index (χ0n) is 16.1. The number of hydrogen-bond donors (Lipinski definition) is 0. The molecule has 0 aliphatic carbocycles. The highest BCUT2D eigenvalue weighted by molar-refractivity contribution is 5.76. The molecule has 0 bridgehead atoms. The van der Waals surface area contributed by atoms with E-state index in [-0.39, 0.29) is 31.1 Å². The van der Waals surface area contributed by atoms with Crippen molar-refractivity contribution in [2.45, 2.75) is 102 Å². The molecule has 2 rings (SSSR count). The molecule has 0 amide bonds. The van der Waals surface area contributed by atoms with Crippen LogP contribution in [0.5, 0.6) is 0 Å². The van der Waals surface area contributed by atoms with Crippen LogP contribution in [0.25, 0.3) is 0 Å². The molecule has 0 aromatic carbocycles. The Balaban J connectivity index is 2.05. The monoisotopic (exact) mass is 358 g/mol. The summed E-state index contributed by atoms with van der Waals surface area (Å²) in [6.45, 7) is 5.76. The first-order chi connectivity index (χ1) is 11.9. The summed E-state index contributed by atoms with van der Waals surface area (Å²) in [6.07, 6.45) is 7.13. The van der Waals surface area contributed by atoms with Gasteiger partial charge in [-0.1, -0.05) is 38.5 Å². The quantitative estimate of drug-likeness (QED) is 0.568. The van der Waals surface area contributed by atoms with Gasteiger partial charge in [0, 0.05) is 7.11 Å². The Bertz CT molecular complexity index is 411. The van der Waals surface area contributed by atoms with Crippen molar-refractivity contribution < 1.29 is 28.5 Å². The molecule has 0 saturated carbocycles. The van der Waals surface area contributed by atoms with Gasteiger partial charge in [0.25, 0.3) is 0 Å². The standard InChI is InChI=1S/C19H34O6/c1-14-15(22-13-21-4)11-9-7-5-6-8-10-12-16-17(18(20)23-14)25-19(2,3)24-16/h14-17H,5-13H2,1-4H3/t14?,15?,16-,17-/m1/s1. The molecule has 0 N–H and O–H groups in total. The summed E-state index contributed by atoms with van der Waals surface area (Å²) in [5, 5.41) is 0. The Morgan fingerprint density at radius 2 is 1.68 bits per heavy atom. The number of hydrogen-bond acceptors (Lipinski definition) is 6. The fourth-order valence-corrected chi connectivity index (χ4v) is 3.58. The maximum Gasteiger partial charge on any atom is 0.338 e. The van der Waals surface area contributed by atoms with Gasteiger partial charge in [-0.25, -0.2) is 4.79 Å². The lowest BCUT2D eigenvalue weighted by Crippen LogP contribution is -2.39. The Labute approximate surface area is 151 Å². The molecule has 0 aromatic heterocycles. The first-order valence-electron chi connectivity index (χ1n) is 9.59. The second-order valence-corrected chi connectivity index (χ2v) is 7.55. The van der Waals surface area contributed by atoms with E-state index in [0.29, 0.717) is 0 Å². The second kappa shape index (κ2) is 9.86. The molecule has 2 fully saturated rings. The van der Waals surface area contributed by atoms with Crippen LogP contribution in [0.3, 0.4) is 0 Å². The van der Waals surface area contributed by atoms with E-state index in [1.807, 2.05) is 20.8 Å². The summed E-state index contributed by atoms with van der Waals surface area (Å²) in [4.78, 5) is 12.7. The van der Waals surface area contributed by atoms with Gasteiger partial charge in [-0.05, 0) is 33.6 Å². The normalized spacial score (nSPS) is 34.8. The number of rotatable bonds is 3. The summed E-state index contributed by atoms with van der Waals surface area (Å²) in [5.74, 6) is -1.11. The van der Waals surface area contributed by atoms with E-state index < -0.39 is 11.9 Å². The summed E-state index contributed by atoms with van der Waals surface area (Å²) >= 11 is 0. The molecule has 25 heavy (non-hydrogen) atoms. The predicted octanol–water partition coefficient (Wildman–Crippen LogP) is 3.56. The molecule has 6 nitrogen and oxygen atoms in total. The molecular formula is C19H34O6. The maximum atomic E-state index is 12.7. The molecular weight excluding hydrogens is 324 g/mol. The Morgan fingerprint density at radius 1 is 1.04 bits per heavy atom. The van der Waals surface area contributed by atoms with Crippen molar-refractivity contribution >= 4 is 5.97 Å². The van der Waals surface area contributed by atoms with E-state index in [4.69, 9.17) is 23.7 Å². The zero-order chi connectivity index (χ0) is 18.3. The zero-order valence-corrected chi connectivity index (χ0v) is 16.1. The summed E-state index contributed by atoms with van der Waals surface area (Å²) in [5.41, 5.74) is 0. The smallest absolute Gasteiger partial charge is 0.338 e. The van der Waals surface area contributed by atoms with E-state index >= 15 is 0 Å². The van der Waals surface area contributed by atoms with Gasteiger partial charge < -0.3 is 23.7 Å². The van der Waals surface area contributed by atoms with Crippen LogP contribution in [0.4, 0.5) is 0 Å². The minimum atomic E-state index is -0.752. The van der Waals surface area contributed by atoms with Gasteiger partial charge in [0.1, 0.15) is 12.9 Å². The van der Waals surface area contributed by atoms with Crippen LogP contribution in [-0.2, 0) is 28.5 Å². The SMILES string of the molecule is COCOC1CCCCCCCC[C@H]2OC(C)(C)O[C@H]2C(=O)OC1C. The third-order valence-corrected chi connectivity index (χ3v) is 4.87. The summed E-state index contributed by atoms with van der Waals surface area (Å²) in [7, 11) is 1.59. The molecule has 2 unspecified atom stereocenters. The third kappa shape index (κ3) is 6.51. The lowest BCUT2D eigenvalue weighted by Gasteiger charge is -2.26. The number of carbonyl (C=O) groups is 1. The average Bonchev–Trinajstić information content (AvgIpc) is 2.86. The first-order valence-corrected chi connectivity index (χ1v) is 9.59. The van der Waals surface area contributed by atoms with Crippen LogP contribution in [0.15, 0.2) is 0 Å². The van der Waals surface area contributed by atoms with Crippen LogP contribution < -0.4 is 0 Å².